The second kappa shape index (κ2) is 6.65. The van der Waals surface area contributed by atoms with E-state index in [-0.39, 0.29) is 5.91 Å². The smallest absolute Gasteiger partial charge is 0.251 e. The van der Waals surface area contributed by atoms with Crippen molar-refractivity contribution >= 4 is 18.2 Å². The molecular formula is C13H14N2O4. The van der Waals surface area contributed by atoms with Gasteiger partial charge in [0.2, 0.25) is 12.3 Å². The van der Waals surface area contributed by atoms with Crippen LogP contribution in [-0.2, 0) is 26.0 Å². The van der Waals surface area contributed by atoms with Crippen LogP contribution in [0.15, 0.2) is 35.3 Å². The van der Waals surface area contributed by atoms with Crippen molar-refractivity contribution in [2.24, 2.45) is 4.99 Å². The molecule has 1 aromatic carbocycles. The number of imide groups is 1. The normalized spacial score (nSPS) is 19.5. The molecule has 0 aromatic heterocycles. The lowest BCUT2D eigenvalue weighted by atomic mass is 10.1. The maximum Gasteiger partial charge on any atom is 0.251 e. The van der Waals surface area contributed by atoms with E-state index >= 15 is 0 Å². The molecule has 1 fully saturated rings. The maximum atomic E-state index is 11.3. The molecule has 19 heavy (non-hydrogen) atoms. The summed E-state index contributed by atoms with van der Waals surface area (Å²) < 4.78 is 0. The highest BCUT2D eigenvalue weighted by molar-refractivity contribution is 6.00. The molecule has 0 bridgehead atoms. The Hall–Kier alpha value is -2.21. The van der Waals surface area contributed by atoms with Crippen molar-refractivity contribution in [3.8, 4) is 0 Å². The van der Waals surface area contributed by atoms with Crippen LogP contribution in [0.5, 0.6) is 0 Å². The molecule has 1 heterocycles. The fourth-order valence-electron chi connectivity index (χ4n) is 1.63. The van der Waals surface area contributed by atoms with Crippen molar-refractivity contribution in [2.75, 3.05) is 0 Å². The molecule has 2 amide bonds. The fourth-order valence-corrected chi connectivity index (χ4v) is 1.63. The quantitative estimate of drug-likeness (QED) is 0.214. The van der Waals surface area contributed by atoms with Gasteiger partial charge in [-0.2, -0.15) is 4.89 Å². The van der Waals surface area contributed by atoms with Gasteiger partial charge in [0.15, 0.2) is 0 Å². The summed E-state index contributed by atoms with van der Waals surface area (Å²) in [5.74, 6) is -0.670. The minimum absolute atomic E-state index is 0.266. The van der Waals surface area contributed by atoms with Gasteiger partial charge in [-0.25, -0.2) is 4.99 Å². The first-order valence-electron chi connectivity index (χ1n) is 5.93. The lowest BCUT2D eigenvalue weighted by Gasteiger charge is -2.16. The number of piperidine rings is 1. The van der Waals surface area contributed by atoms with Crippen LogP contribution in [0.4, 0.5) is 0 Å². The molecule has 6 nitrogen and oxygen atoms in total. The van der Waals surface area contributed by atoms with Gasteiger partial charge in [-0.05, 0) is 12.0 Å². The first kappa shape index (κ1) is 13.2. The third-order valence-corrected chi connectivity index (χ3v) is 2.63. The van der Waals surface area contributed by atoms with Gasteiger partial charge >= 0.3 is 0 Å². The predicted molar refractivity (Wildman–Crippen MR) is 67.0 cm³/mol. The summed E-state index contributed by atoms with van der Waals surface area (Å²) in [4.78, 5) is 35.8. The molecule has 1 saturated heterocycles. The number of carbonyl (C=O) groups is 2. The highest BCUT2D eigenvalue weighted by atomic mass is 17.2. The molecule has 1 N–H and O–H groups in total. The second-order valence-electron chi connectivity index (χ2n) is 4.07. The van der Waals surface area contributed by atoms with Crippen LogP contribution in [0.2, 0.25) is 0 Å². The number of amides is 2. The molecule has 0 aliphatic carbocycles. The Kier molecular flexibility index (Phi) is 4.63. The summed E-state index contributed by atoms with van der Waals surface area (Å²) in [7, 11) is 0. The van der Waals surface area contributed by atoms with Crippen molar-refractivity contribution < 1.29 is 19.4 Å². The molecule has 1 aliphatic rings. The van der Waals surface area contributed by atoms with Gasteiger partial charge < -0.3 is 4.89 Å². The van der Waals surface area contributed by atoms with E-state index < -0.39 is 11.9 Å². The lowest BCUT2D eigenvalue weighted by molar-refractivity contribution is -0.227. The summed E-state index contributed by atoms with van der Waals surface area (Å²) in [5.41, 5.74) is 0.969. The highest BCUT2D eigenvalue weighted by Crippen LogP contribution is 2.07. The van der Waals surface area contributed by atoms with E-state index in [2.05, 4.69) is 10.3 Å². The van der Waals surface area contributed by atoms with E-state index in [4.69, 9.17) is 9.78 Å². The molecule has 2 rings (SSSR count). The average Bonchev–Trinajstić information content (AvgIpc) is 2.42. The average molecular weight is 262 g/mol. The molecule has 6 heteroatoms. The van der Waals surface area contributed by atoms with E-state index in [0.717, 1.165) is 12.0 Å². The Morgan fingerprint density at radius 1 is 1.32 bits per heavy atom. The zero-order valence-electron chi connectivity index (χ0n) is 10.2. The zero-order valence-corrected chi connectivity index (χ0v) is 10.2. The van der Waals surface area contributed by atoms with Gasteiger partial charge in [-0.1, -0.05) is 30.3 Å². The van der Waals surface area contributed by atoms with Crippen molar-refractivity contribution in [1.82, 2.24) is 5.32 Å². The molecule has 0 saturated carbocycles. The number of aliphatic imine (C=N–C) groups is 1. The summed E-state index contributed by atoms with van der Waals surface area (Å²) in [5, 5.41) is 2.21. The molecule has 1 atom stereocenters. The number of hydrogen-bond acceptors (Lipinski definition) is 5. The van der Waals surface area contributed by atoms with Crippen molar-refractivity contribution in [3.05, 3.63) is 35.9 Å². The van der Waals surface area contributed by atoms with Gasteiger partial charge in [0.1, 0.15) is 12.6 Å². The molecule has 1 aliphatic heterocycles. The van der Waals surface area contributed by atoms with Gasteiger partial charge in [-0.15, -0.1) is 0 Å². The summed E-state index contributed by atoms with van der Waals surface area (Å²) in [6.45, 7) is 0.294. The standard InChI is InChI=1S/C13H14N2O4/c16-12-7-6-11(13(17)15-12)14-9-19-18-8-10-4-2-1-3-5-10/h1-5,9,11H,6-8H2,(H,15,16,17)/t11-/m0/s1. The van der Waals surface area contributed by atoms with E-state index in [9.17, 15) is 9.59 Å². The van der Waals surface area contributed by atoms with E-state index in [0.29, 0.717) is 19.4 Å². The first-order valence-corrected chi connectivity index (χ1v) is 5.93. The Bertz CT molecular complexity index is 473. The first-order chi connectivity index (χ1) is 9.25. The Balaban J connectivity index is 1.69. The van der Waals surface area contributed by atoms with Crippen LogP contribution < -0.4 is 5.32 Å². The van der Waals surface area contributed by atoms with Crippen LogP contribution in [-0.4, -0.2) is 24.3 Å². The highest BCUT2D eigenvalue weighted by Gasteiger charge is 2.25. The SMILES string of the molecule is O=C1CC[C@H](N=COOCc2ccccc2)C(=O)N1. The number of benzene rings is 1. The number of rotatable bonds is 5. The molecule has 1 aromatic rings. The van der Waals surface area contributed by atoms with Gasteiger partial charge in [0.05, 0.1) is 0 Å². The van der Waals surface area contributed by atoms with E-state index in [1.807, 2.05) is 30.3 Å². The second-order valence-corrected chi connectivity index (χ2v) is 4.07. The summed E-state index contributed by atoms with van der Waals surface area (Å²) in [6, 6.07) is 8.93. The minimum Gasteiger partial charge on any atom is -0.325 e. The maximum absolute atomic E-state index is 11.3. The Morgan fingerprint density at radius 2 is 2.11 bits per heavy atom. The Morgan fingerprint density at radius 3 is 2.84 bits per heavy atom. The van der Waals surface area contributed by atoms with Crippen LogP contribution in [0.25, 0.3) is 0 Å². The lowest BCUT2D eigenvalue weighted by Crippen LogP contribution is -2.43. The summed E-state index contributed by atoms with van der Waals surface area (Å²) in [6.07, 6.45) is 1.77. The third-order valence-electron chi connectivity index (χ3n) is 2.63. The van der Waals surface area contributed by atoms with Crippen LogP contribution in [0.3, 0.4) is 0 Å². The van der Waals surface area contributed by atoms with Gasteiger partial charge in [0.25, 0.3) is 5.91 Å². The third kappa shape index (κ3) is 4.18. The zero-order chi connectivity index (χ0) is 13.5. The Labute approximate surface area is 110 Å². The van der Waals surface area contributed by atoms with E-state index in [1.165, 1.54) is 0 Å². The number of hydrogen-bond donors (Lipinski definition) is 1. The van der Waals surface area contributed by atoms with Gasteiger partial charge in [0, 0.05) is 6.42 Å². The largest absolute Gasteiger partial charge is 0.325 e. The topological polar surface area (TPSA) is 77.0 Å². The monoisotopic (exact) mass is 262 g/mol. The minimum atomic E-state index is -0.585. The van der Waals surface area contributed by atoms with Crippen molar-refractivity contribution in [1.29, 1.82) is 0 Å². The van der Waals surface area contributed by atoms with Crippen LogP contribution in [0, 0.1) is 0 Å². The van der Waals surface area contributed by atoms with Crippen LogP contribution in [0.1, 0.15) is 18.4 Å². The number of carbonyl (C=O) groups excluding carboxylic acids is 2. The number of nitrogens with one attached hydrogen (secondary N) is 1. The molecule has 0 unspecified atom stereocenters. The van der Waals surface area contributed by atoms with Crippen molar-refractivity contribution in [3.63, 3.8) is 0 Å². The molecular weight excluding hydrogens is 248 g/mol. The number of nitrogens with zero attached hydrogens (tertiary/aromatic N) is 1. The molecule has 100 valence electrons. The molecule has 0 radical (unpaired) electrons. The predicted octanol–water partition coefficient (Wildman–Crippen LogP) is 0.968. The van der Waals surface area contributed by atoms with E-state index in [1.54, 1.807) is 0 Å². The van der Waals surface area contributed by atoms with Gasteiger partial charge in [-0.3, -0.25) is 14.9 Å². The summed E-state index contributed by atoms with van der Waals surface area (Å²) >= 11 is 0. The fraction of sp³-hybridized carbons (Fsp3) is 0.308. The molecule has 0 spiro atoms. The van der Waals surface area contributed by atoms with Crippen molar-refractivity contribution in [2.45, 2.75) is 25.5 Å². The van der Waals surface area contributed by atoms with Crippen LogP contribution >= 0.6 is 0 Å².